The molecule has 1 aliphatic rings. The Morgan fingerprint density at radius 1 is 1.24 bits per heavy atom. The Hall–Kier alpha value is -1.78. The molecule has 3 rings (SSSR count). The van der Waals surface area contributed by atoms with Gasteiger partial charge < -0.3 is 10.1 Å². The number of hydrogen-bond acceptors (Lipinski definition) is 3. The molecule has 0 fully saturated rings. The molecule has 0 saturated carbocycles. The highest BCUT2D eigenvalue weighted by molar-refractivity contribution is 6.31. The van der Waals surface area contributed by atoms with Gasteiger partial charge in [-0.2, -0.15) is 0 Å². The lowest BCUT2D eigenvalue weighted by molar-refractivity contribution is -0.119. The summed E-state index contributed by atoms with van der Waals surface area (Å²) >= 11 is 12.0. The molecule has 2 heterocycles. The van der Waals surface area contributed by atoms with Gasteiger partial charge in [0.05, 0.1) is 7.11 Å². The first kappa shape index (κ1) is 14.2. The fourth-order valence-electron chi connectivity index (χ4n) is 2.61. The molecule has 108 valence electrons. The van der Waals surface area contributed by atoms with Crippen molar-refractivity contribution in [2.45, 2.75) is 12.3 Å². The van der Waals surface area contributed by atoms with Crippen LogP contribution in [0, 0.1) is 0 Å². The Labute approximate surface area is 132 Å². The minimum atomic E-state index is -0.976. The number of rotatable bonds is 2. The molecule has 1 N–H and O–H groups in total. The van der Waals surface area contributed by atoms with Crippen molar-refractivity contribution in [3.8, 4) is 5.75 Å². The summed E-state index contributed by atoms with van der Waals surface area (Å²) in [6.45, 7) is 1.79. The maximum absolute atomic E-state index is 12.6. The molecule has 1 atom stereocenters. The minimum Gasteiger partial charge on any atom is -0.495 e. The van der Waals surface area contributed by atoms with Crippen LogP contribution >= 0.6 is 23.2 Å². The summed E-state index contributed by atoms with van der Waals surface area (Å²) in [6, 6.07) is 8.62. The van der Waals surface area contributed by atoms with E-state index < -0.39 is 5.41 Å². The third-order valence-electron chi connectivity index (χ3n) is 3.74. The van der Waals surface area contributed by atoms with Crippen molar-refractivity contribution >= 4 is 34.8 Å². The van der Waals surface area contributed by atoms with E-state index in [2.05, 4.69) is 10.3 Å². The monoisotopic (exact) mass is 322 g/mol. The van der Waals surface area contributed by atoms with E-state index in [9.17, 15) is 4.79 Å². The number of halogens is 2. The van der Waals surface area contributed by atoms with Crippen LogP contribution in [0.1, 0.15) is 18.2 Å². The van der Waals surface area contributed by atoms with E-state index in [0.717, 1.165) is 5.56 Å². The molecular formula is C15H12Cl2N2O2. The number of methoxy groups -OCH3 is 1. The lowest BCUT2D eigenvalue weighted by Gasteiger charge is -2.23. The SMILES string of the molecule is COc1ccc(Cl)nc1[C@]1(C)C(=O)Nc2cc(Cl)ccc21. The topological polar surface area (TPSA) is 51.2 Å². The lowest BCUT2D eigenvalue weighted by atomic mass is 9.80. The predicted octanol–water partition coefficient (Wildman–Crippen LogP) is 3.66. The van der Waals surface area contributed by atoms with Crippen molar-refractivity contribution in [2.24, 2.45) is 0 Å². The molecule has 21 heavy (non-hydrogen) atoms. The zero-order valence-electron chi connectivity index (χ0n) is 11.4. The van der Waals surface area contributed by atoms with Crippen LogP contribution in [0.25, 0.3) is 0 Å². The number of carbonyl (C=O) groups is 1. The molecule has 4 nitrogen and oxygen atoms in total. The summed E-state index contributed by atoms with van der Waals surface area (Å²) in [5.41, 5.74) is 0.982. The van der Waals surface area contributed by atoms with Crippen molar-refractivity contribution in [3.05, 3.63) is 51.8 Å². The average Bonchev–Trinajstić information content (AvgIpc) is 2.70. The van der Waals surface area contributed by atoms with Gasteiger partial charge in [-0.1, -0.05) is 29.3 Å². The number of fused-ring (bicyclic) bond motifs is 1. The van der Waals surface area contributed by atoms with Gasteiger partial charge in [0.15, 0.2) is 0 Å². The second-order valence-electron chi connectivity index (χ2n) is 4.95. The van der Waals surface area contributed by atoms with E-state index in [0.29, 0.717) is 27.3 Å². The van der Waals surface area contributed by atoms with Crippen molar-refractivity contribution in [2.75, 3.05) is 12.4 Å². The molecular weight excluding hydrogens is 311 g/mol. The molecule has 1 aliphatic heterocycles. The first-order valence-corrected chi connectivity index (χ1v) is 7.05. The quantitative estimate of drug-likeness (QED) is 0.858. The molecule has 2 aromatic rings. The molecule has 1 amide bonds. The molecule has 0 radical (unpaired) electrons. The number of pyridine rings is 1. The number of anilines is 1. The second-order valence-corrected chi connectivity index (χ2v) is 5.78. The number of hydrogen-bond donors (Lipinski definition) is 1. The first-order valence-electron chi connectivity index (χ1n) is 6.29. The molecule has 0 aliphatic carbocycles. The number of amides is 1. The molecule has 6 heteroatoms. The number of aromatic nitrogens is 1. The fraction of sp³-hybridized carbons (Fsp3) is 0.200. The Morgan fingerprint density at radius 2 is 2.00 bits per heavy atom. The van der Waals surface area contributed by atoms with Crippen molar-refractivity contribution in [3.63, 3.8) is 0 Å². The van der Waals surface area contributed by atoms with E-state index in [1.165, 1.54) is 7.11 Å². The molecule has 1 aromatic heterocycles. The van der Waals surface area contributed by atoms with Crippen LogP contribution in [0.5, 0.6) is 5.75 Å². The molecule has 0 saturated heterocycles. The van der Waals surface area contributed by atoms with E-state index in [4.69, 9.17) is 27.9 Å². The van der Waals surface area contributed by atoms with Gasteiger partial charge in [-0.25, -0.2) is 4.98 Å². The lowest BCUT2D eigenvalue weighted by Crippen LogP contribution is -2.33. The van der Waals surface area contributed by atoms with Crippen molar-refractivity contribution in [1.29, 1.82) is 0 Å². The van der Waals surface area contributed by atoms with Crippen LogP contribution < -0.4 is 10.1 Å². The second kappa shape index (κ2) is 4.90. The van der Waals surface area contributed by atoms with Gasteiger partial charge >= 0.3 is 0 Å². The number of carbonyl (C=O) groups excluding carboxylic acids is 1. The number of nitrogens with one attached hydrogen (secondary N) is 1. The highest BCUT2D eigenvalue weighted by atomic mass is 35.5. The summed E-state index contributed by atoms with van der Waals surface area (Å²) in [4.78, 5) is 16.9. The van der Waals surface area contributed by atoms with Crippen LogP contribution in [0.15, 0.2) is 30.3 Å². The van der Waals surface area contributed by atoms with Gasteiger partial charge in [-0.05, 0) is 36.8 Å². The number of ether oxygens (including phenoxy) is 1. The normalized spacial score (nSPS) is 20.1. The number of benzene rings is 1. The minimum absolute atomic E-state index is 0.187. The van der Waals surface area contributed by atoms with Crippen LogP contribution in [-0.4, -0.2) is 18.0 Å². The largest absolute Gasteiger partial charge is 0.495 e. The first-order chi connectivity index (χ1) is 9.96. The van der Waals surface area contributed by atoms with E-state index in [-0.39, 0.29) is 5.91 Å². The maximum Gasteiger partial charge on any atom is 0.241 e. The van der Waals surface area contributed by atoms with Crippen LogP contribution in [-0.2, 0) is 10.2 Å². The van der Waals surface area contributed by atoms with Crippen LogP contribution in [0.4, 0.5) is 5.69 Å². The summed E-state index contributed by atoms with van der Waals surface area (Å²) in [6.07, 6.45) is 0. The maximum atomic E-state index is 12.6. The Bertz CT molecular complexity index is 748. The number of nitrogens with zero attached hydrogens (tertiary/aromatic N) is 1. The Morgan fingerprint density at radius 3 is 2.71 bits per heavy atom. The Balaban J connectivity index is 2.27. The van der Waals surface area contributed by atoms with Gasteiger partial charge in [0, 0.05) is 10.7 Å². The van der Waals surface area contributed by atoms with Crippen LogP contribution in [0.3, 0.4) is 0 Å². The third kappa shape index (κ3) is 2.06. The summed E-state index contributed by atoms with van der Waals surface area (Å²) in [7, 11) is 1.54. The average molecular weight is 323 g/mol. The van der Waals surface area contributed by atoms with Crippen molar-refractivity contribution < 1.29 is 9.53 Å². The van der Waals surface area contributed by atoms with Gasteiger partial charge in [0.1, 0.15) is 22.0 Å². The van der Waals surface area contributed by atoms with Gasteiger partial charge in [0.25, 0.3) is 0 Å². The zero-order valence-corrected chi connectivity index (χ0v) is 12.9. The summed E-state index contributed by atoms with van der Waals surface area (Å²) < 4.78 is 5.34. The zero-order chi connectivity index (χ0) is 15.2. The van der Waals surface area contributed by atoms with Gasteiger partial charge in [0.2, 0.25) is 5.91 Å². The van der Waals surface area contributed by atoms with Crippen LogP contribution in [0.2, 0.25) is 10.2 Å². The molecule has 0 spiro atoms. The highest BCUT2D eigenvalue weighted by Gasteiger charge is 2.47. The molecule has 1 aromatic carbocycles. The predicted molar refractivity (Wildman–Crippen MR) is 82.3 cm³/mol. The summed E-state index contributed by atoms with van der Waals surface area (Å²) in [5, 5.41) is 3.70. The smallest absolute Gasteiger partial charge is 0.241 e. The van der Waals surface area contributed by atoms with E-state index >= 15 is 0 Å². The fourth-order valence-corrected chi connectivity index (χ4v) is 2.93. The molecule has 0 unspecified atom stereocenters. The molecule has 0 bridgehead atoms. The standard InChI is InChI=1S/C15H12Cl2N2O2/c1-15(13-11(21-2)5-6-12(17)19-13)9-4-3-8(16)7-10(9)18-14(15)20/h3-7H,1-2H3,(H,18,20)/t15-/m1/s1. The summed E-state index contributed by atoms with van der Waals surface area (Å²) in [5.74, 6) is 0.327. The van der Waals surface area contributed by atoms with Gasteiger partial charge in [-0.15, -0.1) is 0 Å². The Kier molecular flexibility index (Phi) is 3.30. The van der Waals surface area contributed by atoms with E-state index in [1.54, 1.807) is 31.2 Å². The van der Waals surface area contributed by atoms with E-state index in [1.807, 2.05) is 6.07 Å². The highest BCUT2D eigenvalue weighted by Crippen LogP contribution is 2.45. The van der Waals surface area contributed by atoms with Crippen molar-refractivity contribution in [1.82, 2.24) is 4.98 Å². The third-order valence-corrected chi connectivity index (χ3v) is 4.19. The van der Waals surface area contributed by atoms with Gasteiger partial charge in [-0.3, -0.25) is 4.79 Å².